The number of amides is 1. The van der Waals surface area contributed by atoms with E-state index in [1.54, 1.807) is 12.1 Å². The molecule has 1 saturated heterocycles. The number of hydrogen-bond acceptors (Lipinski definition) is 6. The second-order valence-electron chi connectivity index (χ2n) is 5.94. The highest BCUT2D eigenvalue weighted by Gasteiger charge is 2.23. The van der Waals surface area contributed by atoms with Gasteiger partial charge in [-0.25, -0.2) is 23.2 Å². The summed E-state index contributed by atoms with van der Waals surface area (Å²) in [4.78, 5) is 22.9. The molecule has 0 bridgehead atoms. The van der Waals surface area contributed by atoms with E-state index >= 15 is 0 Å². The summed E-state index contributed by atoms with van der Waals surface area (Å²) in [6.07, 6.45) is 1.70. The molecular formula is C16H17ClN4O4S. The topological polar surface area (TPSA) is 104 Å². The van der Waals surface area contributed by atoms with Gasteiger partial charge in [0.05, 0.1) is 10.6 Å². The van der Waals surface area contributed by atoms with Crippen LogP contribution in [-0.4, -0.2) is 66.9 Å². The first-order chi connectivity index (χ1) is 12.2. The number of halogens is 1. The first kappa shape index (κ1) is 18.4. The van der Waals surface area contributed by atoms with E-state index in [4.69, 9.17) is 16.7 Å². The number of sulfone groups is 1. The van der Waals surface area contributed by atoms with Crippen molar-refractivity contribution >= 4 is 33.3 Å². The lowest BCUT2D eigenvalue weighted by molar-refractivity contribution is 0.142. The van der Waals surface area contributed by atoms with Crippen LogP contribution in [0.2, 0.25) is 5.15 Å². The zero-order valence-electron chi connectivity index (χ0n) is 14.0. The fourth-order valence-electron chi connectivity index (χ4n) is 2.70. The Hall–Kier alpha value is -2.39. The first-order valence-electron chi connectivity index (χ1n) is 7.81. The summed E-state index contributed by atoms with van der Waals surface area (Å²) >= 11 is 5.93. The Labute approximate surface area is 156 Å². The Kier molecular flexibility index (Phi) is 5.01. The van der Waals surface area contributed by atoms with Gasteiger partial charge in [-0.15, -0.1) is 0 Å². The van der Waals surface area contributed by atoms with Crippen molar-refractivity contribution in [3.05, 3.63) is 35.6 Å². The van der Waals surface area contributed by atoms with Crippen molar-refractivity contribution < 1.29 is 18.3 Å². The Bertz CT molecular complexity index is 943. The molecule has 1 amide bonds. The van der Waals surface area contributed by atoms with Crippen molar-refractivity contribution in [3.63, 3.8) is 0 Å². The lowest BCUT2D eigenvalue weighted by Gasteiger charge is -2.34. The summed E-state index contributed by atoms with van der Waals surface area (Å²) in [6.45, 7) is 1.53. The van der Waals surface area contributed by atoms with Gasteiger partial charge in [0.15, 0.2) is 9.84 Å². The number of carboxylic acid groups (broad SMARTS) is 1. The van der Waals surface area contributed by atoms with Crippen LogP contribution in [0.4, 0.5) is 10.6 Å². The predicted octanol–water partition coefficient (Wildman–Crippen LogP) is 2.00. The lowest BCUT2D eigenvalue weighted by Crippen LogP contribution is -2.48. The van der Waals surface area contributed by atoms with E-state index in [1.807, 2.05) is 4.90 Å². The first-order valence-corrected chi connectivity index (χ1v) is 10.1. The van der Waals surface area contributed by atoms with Gasteiger partial charge in [0.25, 0.3) is 0 Å². The molecule has 3 heterocycles. The monoisotopic (exact) mass is 396 g/mol. The van der Waals surface area contributed by atoms with Gasteiger partial charge in [0, 0.05) is 44.2 Å². The van der Waals surface area contributed by atoms with E-state index in [-0.39, 0.29) is 10.0 Å². The van der Waals surface area contributed by atoms with Gasteiger partial charge in [-0.2, -0.15) is 0 Å². The highest BCUT2D eigenvalue weighted by Crippen LogP contribution is 2.27. The Balaban J connectivity index is 2.00. The number of hydrogen-bond donors (Lipinski definition) is 1. The van der Waals surface area contributed by atoms with Crippen molar-refractivity contribution in [2.75, 3.05) is 37.3 Å². The average Bonchev–Trinajstić information content (AvgIpc) is 2.60. The zero-order valence-corrected chi connectivity index (χ0v) is 15.5. The van der Waals surface area contributed by atoms with Crippen LogP contribution in [0.25, 0.3) is 11.3 Å². The minimum absolute atomic E-state index is 0.145. The summed E-state index contributed by atoms with van der Waals surface area (Å²) in [6, 6.07) is 6.32. The summed E-state index contributed by atoms with van der Waals surface area (Å²) < 4.78 is 24.2. The van der Waals surface area contributed by atoms with Crippen molar-refractivity contribution in [2.45, 2.75) is 4.90 Å². The van der Waals surface area contributed by atoms with Gasteiger partial charge in [0.1, 0.15) is 11.0 Å². The van der Waals surface area contributed by atoms with Gasteiger partial charge in [-0.05, 0) is 24.3 Å². The minimum atomic E-state index is -3.45. The SMILES string of the molecule is CS(=O)(=O)c1cc(-c2ccnc(Cl)c2)nc(N2CCN(C(=O)O)CC2)c1. The number of anilines is 1. The van der Waals surface area contributed by atoms with Crippen LogP contribution in [0.1, 0.15) is 0 Å². The standard InChI is InChI=1S/C16H17ClN4O4S/c1-26(24,25)12-9-13(11-2-3-18-14(17)8-11)19-15(10-12)20-4-6-21(7-5-20)16(22)23/h2-3,8-10H,4-7H2,1H3,(H,22,23). The highest BCUT2D eigenvalue weighted by molar-refractivity contribution is 7.90. The van der Waals surface area contributed by atoms with Gasteiger partial charge in [-0.3, -0.25) is 0 Å². The van der Waals surface area contributed by atoms with E-state index in [1.165, 1.54) is 23.2 Å². The van der Waals surface area contributed by atoms with Crippen molar-refractivity contribution in [2.24, 2.45) is 0 Å². The van der Waals surface area contributed by atoms with Gasteiger partial charge >= 0.3 is 6.09 Å². The molecule has 2 aromatic heterocycles. The molecule has 1 aliphatic rings. The van der Waals surface area contributed by atoms with Crippen molar-refractivity contribution in [3.8, 4) is 11.3 Å². The van der Waals surface area contributed by atoms with Gasteiger partial charge in [0.2, 0.25) is 0 Å². The Morgan fingerprint density at radius 1 is 1.19 bits per heavy atom. The van der Waals surface area contributed by atoms with Gasteiger partial charge in [-0.1, -0.05) is 11.6 Å². The fourth-order valence-corrected chi connectivity index (χ4v) is 3.52. The fraction of sp³-hybridized carbons (Fsp3) is 0.312. The maximum Gasteiger partial charge on any atom is 0.407 e. The Morgan fingerprint density at radius 3 is 2.46 bits per heavy atom. The number of aromatic nitrogens is 2. The lowest BCUT2D eigenvalue weighted by atomic mass is 10.2. The quantitative estimate of drug-likeness (QED) is 0.791. The van der Waals surface area contributed by atoms with E-state index in [0.717, 1.165) is 6.26 Å². The van der Waals surface area contributed by atoms with Crippen LogP contribution in [0.5, 0.6) is 0 Å². The van der Waals surface area contributed by atoms with E-state index in [0.29, 0.717) is 43.3 Å². The normalized spacial score (nSPS) is 15.2. The molecule has 1 N–H and O–H groups in total. The molecule has 0 aliphatic carbocycles. The molecular weight excluding hydrogens is 380 g/mol. The molecule has 138 valence electrons. The minimum Gasteiger partial charge on any atom is -0.465 e. The molecule has 1 fully saturated rings. The molecule has 10 heteroatoms. The molecule has 0 spiro atoms. The molecule has 2 aromatic rings. The third-order valence-electron chi connectivity index (χ3n) is 4.11. The van der Waals surface area contributed by atoms with Crippen LogP contribution >= 0.6 is 11.6 Å². The van der Waals surface area contributed by atoms with Crippen LogP contribution in [0.15, 0.2) is 35.4 Å². The van der Waals surface area contributed by atoms with Crippen LogP contribution in [0.3, 0.4) is 0 Å². The molecule has 0 saturated carbocycles. The van der Waals surface area contributed by atoms with E-state index < -0.39 is 15.9 Å². The van der Waals surface area contributed by atoms with E-state index in [9.17, 15) is 13.2 Å². The maximum atomic E-state index is 12.1. The number of piperazine rings is 1. The number of nitrogens with zero attached hydrogens (tertiary/aromatic N) is 4. The van der Waals surface area contributed by atoms with Crippen LogP contribution < -0.4 is 4.90 Å². The summed E-state index contributed by atoms with van der Waals surface area (Å²) in [5.74, 6) is 0.487. The molecule has 0 atom stereocenters. The third-order valence-corrected chi connectivity index (χ3v) is 5.41. The zero-order chi connectivity index (χ0) is 18.9. The molecule has 0 radical (unpaired) electrons. The molecule has 0 aromatic carbocycles. The Morgan fingerprint density at radius 2 is 1.88 bits per heavy atom. The number of carbonyl (C=O) groups is 1. The van der Waals surface area contributed by atoms with E-state index in [2.05, 4.69) is 9.97 Å². The number of pyridine rings is 2. The predicted molar refractivity (Wildman–Crippen MR) is 97.4 cm³/mol. The van der Waals surface area contributed by atoms with Gasteiger partial charge < -0.3 is 14.9 Å². The number of rotatable bonds is 3. The van der Waals surface area contributed by atoms with Crippen molar-refractivity contribution in [1.29, 1.82) is 0 Å². The second-order valence-corrected chi connectivity index (χ2v) is 8.35. The second kappa shape index (κ2) is 7.08. The summed E-state index contributed by atoms with van der Waals surface area (Å²) in [5, 5.41) is 9.34. The molecule has 26 heavy (non-hydrogen) atoms. The molecule has 8 nitrogen and oxygen atoms in total. The summed E-state index contributed by atoms with van der Waals surface area (Å²) in [5.41, 5.74) is 1.12. The highest BCUT2D eigenvalue weighted by atomic mass is 35.5. The molecule has 1 aliphatic heterocycles. The largest absolute Gasteiger partial charge is 0.465 e. The molecule has 3 rings (SSSR count). The van der Waals surface area contributed by atoms with Crippen LogP contribution in [0, 0.1) is 0 Å². The molecule has 0 unspecified atom stereocenters. The maximum absolute atomic E-state index is 12.1. The third kappa shape index (κ3) is 4.05. The van der Waals surface area contributed by atoms with Crippen molar-refractivity contribution in [1.82, 2.24) is 14.9 Å². The smallest absolute Gasteiger partial charge is 0.407 e. The summed E-state index contributed by atoms with van der Waals surface area (Å²) in [7, 11) is -3.45. The average molecular weight is 397 g/mol. The van der Waals surface area contributed by atoms with Crippen LogP contribution in [-0.2, 0) is 9.84 Å².